The third-order valence-corrected chi connectivity index (χ3v) is 3.45. The van der Waals surface area contributed by atoms with Gasteiger partial charge in [-0.15, -0.1) is 0 Å². The molecule has 16 heavy (non-hydrogen) atoms. The van der Waals surface area contributed by atoms with Crippen LogP contribution in [0.4, 0.5) is 5.69 Å². The normalized spacial score (nSPS) is 14.8. The van der Waals surface area contributed by atoms with Gasteiger partial charge in [0.1, 0.15) is 0 Å². The van der Waals surface area contributed by atoms with Crippen molar-refractivity contribution in [3.63, 3.8) is 0 Å². The molecule has 0 aliphatic rings. The summed E-state index contributed by atoms with van der Waals surface area (Å²) in [6, 6.07) is 0.558. The number of aromatic nitrogens is 2. The Morgan fingerprint density at radius 3 is 2.56 bits per heavy atom. The molecule has 1 aromatic heterocycles. The fourth-order valence-corrected chi connectivity index (χ4v) is 2.14. The maximum absolute atomic E-state index is 4.26. The predicted octanol–water partition coefficient (Wildman–Crippen LogP) is 3.36. The van der Waals surface area contributed by atoms with E-state index < -0.39 is 0 Å². The molecule has 1 aromatic rings. The first-order valence-corrected chi connectivity index (χ1v) is 6.35. The van der Waals surface area contributed by atoms with Crippen LogP contribution in [0.3, 0.4) is 0 Å². The molecule has 0 saturated heterocycles. The van der Waals surface area contributed by atoms with Gasteiger partial charge in [-0.25, -0.2) is 0 Å². The molecule has 0 aliphatic heterocycles. The summed E-state index contributed by atoms with van der Waals surface area (Å²) in [6.45, 7) is 8.93. The Kier molecular flexibility index (Phi) is 4.84. The number of hydrogen-bond acceptors (Lipinski definition) is 2. The van der Waals surface area contributed by atoms with Crippen LogP contribution in [0.15, 0.2) is 6.20 Å². The van der Waals surface area contributed by atoms with Gasteiger partial charge in [0.25, 0.3) is 0 Å². The Morgan fingerprint density at radius 2 is 2.12 bits per heavy atom. The van der Waals surface area contributed by atoms with Crippen LogP contribution in [0.1, 0.15) is 45.7 Å². The Hall–Kier alpha value is -0.990. The summed E-state index contributed by atoms with van der Waals surface area (Å²) < 4.78 is 1.92. The summed E-state index contributed by atoms with van der Waals surface area (Å²) in [5, 5.41) is 7.88. The number of nitrogens with zero attached hydrogens (tertiary/aromatic N) is 2. The van der Waals surface area contributed by atoms with E-state index in [1.807, 2.05) is 17.9 Å². The molecule has 0 radical (unpaired) electrons. The number of aryl methyl sites for hydroxylation is 1. The van der Waals surface area contributed by atoms with Crippen molar-refractivity contribution in [3.05, 3.63) is 11.9 Å². The molecule has 0 amide bonds. The van der Waals surface area contributed by atoms with E-state index in [0.717, 1.165) is 12.3 Å². The number of anilines is 1. The zero-order valence-corrected chi connectivity index (χ0v) is 11.2. The van der Waals surface area contributed by atoms with Crippen molar-refractivity contribution in [1.29, 1.82) is 0 Å². The van der Waals surface area contributed by atoms with Crippen molar-refractivity contribution in [1.82, 2.24) is 9.78 Å². The first kappa shape index (κ1) is 13.1. The average Bonchev–Trinajstić information content (AvgIpc) is 2.57. The van der Waals surface area contributed by atoms with Crippen molar-refractivity contribution >= 4 is 5.69 Å². The zero-order valence-electron chi connectivity index (χ0n) is 11.2. The summed E-state index contributed by atoms with van der Waals surface area (Å²) in [7, 11) is 1.98. The summed E-state index contributed by atoms with van der Waals surface area (Å²) in [6.07, 6.45) is 5.63. The highest BCUT2D eigenvalue weighted by Crippen LogP contribution is 2.20. The van der Waals surface area contributed by atoms with E-state index in [1.54, 1.807) is 0 Å². The van der Waals surface area contributed by atoms with Crippen molar-refractivity contribution in [2.75, 3.05) is 5.32 Å². The highest BCUT2D eigenvalue weighted by molar-refractivity contribution is 5.46. The Labute approximate surface area is 99.2 Å². The molecule has 0 spiro atoms. The predicted molar refractivity (Wildman–Crippen MR) is 69.7 cm³/mol. The van der Waals surface area contributed by atoms with Crippen LogP contribution in [0.25, 0.3) is 0 Å². The van der Waals surface area contributed by atoms with E-state index in [1.165, 1.54) is 24.2 Å². The highest BCUT2D eigenvalue weighted by Gasteiger charge is 2.16. The van der Waals surface area contributed by atoms with Crippen molar-refractivity contribution < 1.29 is 0 Å². The van der Waals surface area contributed by atoms with Crippen molar-refractivity contribution in [3.8, 4) is 0 Å². The van der Waals surface area contributed by atoms with E-state index in [2.05, 4.69) is 38.1 Å². The molecule has 3 heteroatoms. The second-order valence-corrected chi connectivity index (χ2v) is 4.69. The van der Waals surface area contributed by atoms with E-state index in [9.17, 15) is 0 Å². The van der Waals surface area contributed by atoms with Gasteiger partial charge in [0.2, 0.25) is 0 Å². The lowest BCUT2D eigenvalue weighted by Gasteiger charge is -2.24. The minimum atomic E-state index is 0.558. The zero-order chi connectivity index (χ0) is 12.1. The Morgan fingerprint density at radius 1 is 1.44 bits per heavy atom. The molecule has 0 saturated carbocycles. The molecule has 2 atom stereocenters. The molecule has 1 rings (SSSR count). The second-order valence-electron chi connectivity index (χ2n) is 4.69. The minimum absolute atomic E-state index is 0.558. The van der Waals surface area contributed by atoms with Crippen LogP contribution in [0, 0.1) is 12.8 Å². The van der Waals surface area contributed by atoms with Gasteiger partial charge in [-0.1, -0.05) is 27.2 Å². The maximum Gasteiger partial charge on any atom is 0.0758 e. The minimum Gasteiger partial charge on any atom is -0.379 e. The smallest absolute Gasteiger partial charge is 0.0758 e. The molecule has 0 aromatic carbocycles. The number of rotatable bonds is 6. The Balaban J connectivity index is 2.66. The van der Waals surface area contributed by atoms with E-state index >= 15 is 0 Å². The van der Waals surface area contributed by atoms with Gasteiger partial charge in [0, 0.05) is 13.1 Å². The summed E-state index contributed by atoms with van der Waals surface area (Å²) in [5.41, 5.74) is 2.39. The average molecular weight is 223 g/mol. The van der Waals surface area contributed by atoms with Crippen LogP contribution >= 0.6 is 0 Å². The quantitative estimate of drug-likeness (QED) is 0.801. The van der Waals surface area contributed by atoms with E-state index in [-0.39, 0.29) is 0 Å². The molecular weight excluding hydrogens is 198 g/mol. The van der Waals surface area contributed by atoms with Crippen LogP contribution in [-0.4, -0.2) is 15.8 Å². The number of hydrogen-bond donors (Lipinski definition) is 1. The van der Waals surface area contributed by atoms with Gasteiger partial charge in [-0.05, 0) is 25.7 Å². The van der Waals surface area contributed by atoms with Gasteiger partial charge in [0.15, 0.2) is 0 Å². The molecular formula is C13H25N3. The molecule has 2 unspecified atom stereocenters. The van der Waals surface area contributed by atoms with Crippen LogP contribution in [0.5, 0.6) is 0 Å². The molecule has 0 fully saturated rings. The first-order chi connectivity index (χ1) is 7.60. The molecule has 0 bridgehead atoms. The summed E-state index contributed by atoms with van der Waals surface area (Å²) in [4.78, 5) is 0. The third kappa shape index (κ3) is 3.00. The monoisotopic (exact) mass is 223 g/mol. The highest BCUT2D eigenvalue weighted by atomic mass is 15.3. The largest absolute Gasteiger partial charge is 0.379 e. The third-order valence-electron chi connectivity index (χ3n) is 3.45. The number of nitrogens with one attached hydrogen (secondary N) is 1. The van der Waals surface area contributed by atoms with Crippen LogP contribution in [0.2, 0.25) is 0 Å². The lowest BCUT2D eigenvalue weighted by atomic mass is 9.95. The maximum atomic E-state index is 4.26. The topological polar surface area (TPSA) is 29.9 Å². The van der Waals surface area contributed by atoms with Crippen LogP contribution in [-0.2, 0) is 7.05 Å². The van der Waals surface area contributed by atoms with E-state index in [4.69, 9.17) is 0 Å². The first-order valence-electron chi connectivity index (χ1n) is 6.35. The SMILES string of the molecule is CCCC(C)C(CC)Nc1cnn(C)c1C. The molecule has 3 nitrogen and oxygen atoms in total. The summed E-state index contributed by atoms with van der Waals surface area (Å²) in [5.74, 6) is 0.717. The standard InChI is InChI=1S/C13H25N3/c1-6-8-10(3)12(7-2)15-13-9-14-16(5)11(13)4/h9-10,12,15H,6-8H2,1-5H3. The fraction of sp³-hybridized carbons (Fsp3) is 0.769. The lowest BCUT2D eigenvalue weighted by molar-refractivity contribution is 0.435. The fourth-order valence-electron chi connectivity index (χ4n) is 2.14. The van der Waals surface area contributed by atoms with Gasteiger partial charge >= 0.3 is 0 Å². The summed E-state index contributed by atoms with van der Waals surface area (Å²) >= 11 is 0. The Bertz CT molecular complexity index is 317. The molecule has 1 heterocycles. The molecule has 0 aliphatic carbocycles. The molecule has 92 valence electrons. The molecule has 1 N–H and O–H groups in total. The lowest BCUT2D eigenvalue weighted by Crippen LogP contribution is -2.26. The van der Waals surface area contributed by atoms with Crippen LogP contribution < -0.4 is 5.32 Å². The second kappa shape index (κ2) is 5.92. The van der Waals surface area contributed by atoms with Crippen molar-refractivity contribution in [2.45, 2.75) is 53.0 Å². The van der Waals surface area contributed by atoms with Crippen molar-refractivity contribution in [2.24, 2.45) is 13.0 Å². The van der Waals surface area contributed by atoms with E-state index in [0.29, 0.717) is 6.04 Å². The van der Waals surface area contributed by atoms with Gasteiger partial charge < -0.3 is 5.32 Å². The van der Waals surface area contributed by atoms with Gasteiger partial charge in [-0.2, -0.15) is 5.10 Å². The van der Waals surface area contributed by atoms with Gasteiger partial charge in [-0.3, -0.25) is 4.68 Å². The van der Waals surface area contributed by atoms with Gasteiger partial charge in [0.05, 0.1) is 17.6 Å².